The van der Waals surface area contributed by atoms with Crippen LogP contribution in [-0.2, 0) is 16.2 Å². The van der Waals surface area contributed by atoms with Gasteiger partial charge in [-0.1, -0.05) is 260 Å². The molecule has 3 aliphatic rings. The maximum Gasteiger partial charge on any atom is 0.0541 e. The number of fused-ring (bicyclic) bond motifs is 15. The lowest BCUT2D eigenvalue weighted by Gasteiger charge is -2.30. The van der Waals surface area contributed by atoms with Crippen molar-refractivity contribution in [2.75, 3.05) is 9.80 Å². The Labute approximate surface area is 637 Å². The average Bonchev–Trinajstić information content (AvgIpc) is 1.55. The summed E-state index contributed by atoms with van der Waals surface area (Å²) in [5.74, 6) is 0. The zero-order chi connectivity index (χ0) is 73.3. The molecule has 0 fully saturated rings. The van der Waals surface area contributed by atoms with Gasteiger partial charge in [-0.3, -0.25) is 4.98 Å². The number of aromatic nitrogens is 3. The molecule has 0 saturated carbocycles. The Hall–Kier alpha value is -13.4. The highest BCUT2D eigenvalue weighted by Crippen LogP contribution is 2.55. The van der Waals surface area contributed by atoms with Crippen molar-refractivity contribution in [3.8, 4) is 78.1 Å². The summed E-state index contributed by atoms with van der Waals surface area (Å²) in [6.45, 7) is 14.1. The molecule has 0 unspecified atom stereocenters. The first-order chi connectivity index (χ1) is 53.3. The van der Waals surface area contributed by atoms with E-state index in [1.807, 2.05) is 18.5 Å². The molecular weight excluding hydrogens is 1320 g/mol. The molecule has 0 amide bonds. The molecule has 3 aliphatic carbocycles. The molecule has 5 heteroatoms. The number of pyridine rings is 1. The molecule has 0 spiro atoms. The lowest BCUT2D eigenvalue weighted by atomic mass is 9.82. The van der Waals surface area contributed by atoms with Crippen LogP contribution in [0.1, 0.15) is 74.9 Å². The summed E-state index contributed by atoms with van der Waals surface area (Å²) in [6.07, 6.45) is 3.74. The highest BCUT2D eigenvalue weighted by Gasteiger charge is 2.39. The third-order valence-corrected chi connectivity index (χ3v) is 23.9. The maximum absolute atomic E-state index is 4.35. The zero-order valence-electron chi connectivity index (χ0n) is 62.0. The molecule has 18 aromatic rings. The molecule has 0 radical (unpaired) electrons. The normalized spacial score (nSPS) is 13.6. The van der Waals surface area contributed by atoms with E-state index in [2.05, 4.69) is 417 Å². The molecule has 0 N–H and O–H groups in total. The van der Waals surface area contributed by atoms with Crippen molar-refractivity contribution in [1.29, 1.82) is 0 Å². The Morgan fingerprint density at radius 2 is 0.523 bits per heavy atom. The fourth-order valence-electron chi connectivity index (χ4n) is 18.3. The van der Waals surface area contributed by atoms with Crippen LogP contribution in [0.5, 0.6) is 0 Å². The smallest absolute Gasteiger partial charge is 0.0541 e. The molecule has 109 heavy (non-hydrogen) atoms. The van der Waals surface area contributed by atoms with E-state index in [9.17, 15) is 0 Å². The number of rotatable bonds is 11. The van der Waals surface area contributed by atoms with Gasteiger partial charge in [-0.2, -0.15) is 0 Å². The van der Waals surface area contributed by atoms with Crippen molar-refractivity contribution in [2.24, 2.45) is 0 Å². The minimum Gasteiger partial charge on any atom is -0.310 e. The molecule has 0 bridgehead atoms. The van der Waals surface area contributed by atoms with E-state index in [1.54, 1.807) is 0 Å². The highest BCUT2D eigenvalue weighted by molar-refractivity contribution is 6.12. The van der Waals surface area contributed by atoms with Gasteiger partial charge in [-0.05, 0) is 240 Å². The van der Waals surface area contributed by atoms with Crippen LogP contribution in [0.15, 0.2) is 370 Å². The second kappa shape index (κ2) is 25.4. The fraction of sp³-hybridized carbons (Fsp3) is 0.0865. The van der Waals surface area contributed by atoms with E-state index < -0.39 is 0 Å². The SMILES string of the molecule is CC1(C)c2ccccc2-c2ccc(N(c3ccc(-c4ccc5c(c4)c4ccccc4n5-c4ccccc4)cc3)c3ccc4c(c3)C(C)(C)c3ccccc3-4)cc21.CC1(C)c2ccccc2-c2ccc(N(c3ccc(-c4cccnc4)cc3)c3ccc(-c4ccc5c(c4)c4ccccc4n5-c4ccccc4)cc3)cc21. The van der Waals surface area contributed by atoms with Crippen LogP contribution in [0, 0.1) is 0 Å². The predicted octanol–water partition coefficient (Wildman–Crippen LogP) is 27.8. The Bertz CT molecular complexity index is 6490. The summed E-state index contributed by atoms with van der Waals surface area (Å²) < 4.78 is 4.74. The molecule has 5 nitrogen and oxygen atoms in total. The molecule has 0 aliphatic heterocycles. The highest BCUT2D eigenvalue weighted by atomic mass is 15.1. The van der Waals surface area contributed by atoms with Crippen LogP contribution in [0.4, 0.5) is 34.1 Å². The predicted molar refractivity (Wildman–Crippen MR) is 458 cm³/mol. The first kappa shape index (κ1) is 65.2. The summed E-state index contributed by atoms with van der Waals surface area (Å²) in [6, 6.07) is 132. The first-order valence-electron chi connectivity index (χ1n) is 38.1. The van der Waals surface area contributed by atoms with Gasteiger partial charge in [0.05, 0.1) is 22.1 Å². The summed E-state index contributed by atoms with van der Waals surface area (Å²) in [7, 11) is 0. The number of benzene rings is 15. The minimum atomic E-state index is -0.0959. The lowest BCUT2D eigenvalue weighted by molar-refractivity contribution is 0.660. The van der Waals surface area contributed by atoms with Gasteiger partial charge in [0.15, 0.2) is 0 Å². The molecule has 15 aromatic carbocycles. The number of anilines is 6. The van der Waals surface area contributed by atoms with Crippen molar-refractivity contribution in [1.82, 2.24) is 14.1 Å². The van der Waals surface area contributed by atoms with E-state index in [0.29, 0.717) is 0 Å². The van der Waals surface area contributed by atoms with Crippen LogP contribution < -0.4 is 9.80 Å². The Morgan fingerprint density at radius 3 is 0.899 bits per heavy atom. The minimum absolute atomic E-state index is 0.0933. The number of para-hydroxylation sites is 4. The third kappa shape index (κ3) is 10.6. The van der Waals surface area contributed by atoms with Gasteiger partial charge < -0.3 is 18.9 Å². The van der Waals surface area contributed by atoms with Crippen LogP contribution in [0.2, 0.25) is 0 Å². The van der Waals surface area contributed by atoms with Crippen molar-refractivity contribution in [3.63, 3.8) is 0 Å². The molecule has 3 aromatic heterocycles. The second-order valence-corrected chi connectivity index (χ2v) is 31.1. The quantitative estimate of drug-likeness (QED) is 0.129. The summed E-state index contributed by atoms with van der Waals surface area (Å²) in [5.41, 5.74) is 37.1. The number of nitrogens with zero attached hydrogens (tertiary/aromatic N) is 5. The average molecular weight is 1400 g/mol. The topological polar surface area (TPSA) is 29.2 Å². The van der Waals surface area contributed by atoms with Gasteiger partial charge in [0.25, 0.3) is 0 Å². The Balaban J connectivity index is 0.000000143. The van der Waals surface area contributed by atoms with E-state index >= 15 is 0 Å². The van der Waals surface area contributed by atoms with Gasteiger partial charge in [-0.25, -0.2) is 0 Å². The van der Waals surface area contributed by atoms with E-state index in [4.69, 9.17) is 0 Å². The Kier molecular flexibility index (Phi) is 15.2. The number of hydrogen-bond acceptors (Lipinski definition) is 3. The van der Waals surface area contributed by atoms with E-state index in [0.717, 1.165) is 33.9 Å². The molecule has 0 saturated heterocycles. The standard InChI is InChI=1S/C54H42N2.C50H37N3/c1-53(2)47-19-11-8-16-41(47)43-29-27-39(33-49(43)53)55(40-28-30-44-42-17-9-12-20-48(42)54(3,4)50(44)34-40)38-25-22-35(23-26-38)36-24-31-52-46(32-36)45-18-10-13-21-51(45)56(52)37-14-6-5-7-15-37;1-50(2)46-16-8-6-14-42(46)43-28-27-41(32-47(43)50)52(40-25-20-35(21-26-40)37-11-10-30-51-33-37)39-23-18-34(19-24-39)36-22-29-49-45(31-36)44-15-7-9-17-48(44)53(49)38-12-4-3-5-13-38/h5-34H,1-4H3;3-33H,1-2H3. The van der Waals surface area contributed by atoms with Crippen molar-refractivity contribution >= 4 is 77.7 Å². The van der Waals surface area contributed by atoms with Crippen LogP contribution >= 0.6 is 0 Å². The molecule has 3 heterocycles. The van der Waals surface area contributed by atoms with Gasteiger partial charge in [0, 0.05) is 95.7 Å². The van der Waals surface area contributed by atoms with Gasteiger partial charge >= 0.3 is 0 Å². The second-order valence-electron chi connectivity index (χ2n) is 31.1. The van der Waals surface area contributed by atoms with E-state index in [1.165, 1.54) is 155 Å². The summed E-state index contributed by atoms with van der Waals surface area (Å²) in [4.78, 5) is 9.19. The molecule has 520 valence electrons. The van der Waals surface area contributed by atoms with Crippen molar-refractivity contribution in [2.45, 2.75) is 57.8 Å². The molecular formula is C104H79N5. The van der Waals surface area contributed by atoms with Crippen LogP contribution in [0.25, 0.3) is 122 Å². The van der Waals surface area contributed by atoms with Crippen LogP contribution in [-0.4, -0.2) is 14.1 Å². The molecule has 0 atom stereocenters. The number of hydrogen-bond donors (Lipinski definition) is 0. The Morgan fingerprint density at radius 1 is 0.220 bits per heavy atom. The monoisotopic (exact) mass is 1400 g/mol. The summed E-state index contributed by atoms with van der Waals surface area (Å²) >= 11 is 0. The van der Waals surface area contributed by atoms with Crippen molar-refractivity contribution in [3.05, 3.63) is 404 Å². The zero-order valence-corrected chi connectivity index (χ0v) is 62.0. The van der Waals surface area contributed by atoms with Gasteiger partial charge in [0.1, 0.15) is 0 Å². The van der Waals surface area contributed by atoms with Crippen LogP contribution in [0.3, 0.4) is 0 Å². The van der Waals surface area contributed by atoms with Crippen molar-refractivity contribution < 1.29 is 0 Å². The fourth-order valence-corrected chi connectivity index (χ4v) is 18.3. The lowest BCUT2D eigenvalue weighted by Crippen LogP contribution is -2.18. The van der Waals surface area contributed by atoms with E-state index in [-0.39, 0.29) is 16.2 Å². The van der Waals surface area contributed by atoms with Gasteiger partial charge in [0.2, 0.25) is 0 Å². The maximum atomic E-state index is 4.35. The largest absolute Gasteiger partial charge is 0.310 e. The third-order valence-electron chi connectivity index (χ3n) is 23.9. The molecule has 21 rings (SSSR count). The first-order valence-corrected chi connectivity index (χ1v) is 38.1. The van der Waals surface area contributed by atoms with Gasteiger partial charge in [-0.15, -0.1) is 0 Å². The summed E-state index contributed by atoms with van der Waals surface area (Å²) in [5, 5.41) is 5.03.